The number of rotatable bonds is 2. The Morgan fingerprint density at radius 1 is 1.57 bits per heavy atom. The van der Waals surface area contributed by atoms with Gasteiger partial charge in [0, 0.05) is 10.7 Å². The number of carboxylic acid groups (broad SMARTS) is 1. The standard InChI is InChI=1S/C9H7BrN2O2/c10-3-5-1-6-4-11-12-8(6)2-7(5)9(13)14/h1-2,4H,3H2,(H,11,12)(H,13,14). The molecule has 0 aliphatic carbocycles. The molecule has 2 aromatic rings. The summed E-state index contributed by atoms with van der Waals surface area (Å²) in [5.41, 5.74) is 1.80. The summed E-state index contributed by atoms with van der Waals surface area (Å²) in [4.78, 5) is 10.9. The zero-order valence-electron chi connectivity index (χ0n) is 7.12. The van der Waals surface area contributed by atoms with Gasteiger partial charge in [-0.1, -0.05) is 15.9 Å². The molecule has 72 valence electrons. The molecule has 0 saturated carbocycles. The number of fused-ring (bicyclic) bond motifs is 1. The van der Waals surface area contributed by atoms with Crippen molar-refractivity contribution < 1.29 is 9.90 Å². The molecule has 0 saturated heterocycles. The highest BCUT2D eigenvalue weighted by Gasteiger charge is 2.11. The Bertz CT molecular complexity index is 493. The summed E-state index contributed by atoms with van der Waals surface area (Å²) < 4.78 is 0. The molecule has 0 unspecified atom stereocenters. The topological polar surface area (TPSA) is 66.0 Å². The minimum Gasteiger partial charge on any atom is -0.478 e. The minimum absolute atomic E-state index is 0.304. The van der Waals surface area contributed by atoms with Crippen molar-refractivity contribution in [2.45, 2.75) is 5.33 Å². The normalized spacial score (nSPS) is 10.6. The molecular weight excluding hydrogens is 248 g/mol. The third kappa shape index (κ3) is 1.39. The van der Waals surface area contributed by atoms with E-state index in [9.17, 15) is 4.79 Å². The van der Waals surface area contributed by atoms with E-state index in [-0.39, 0.29) is 0 Å². The lowest BCUT2D eigenvalue weighted by Crippen LogP contribution is -2.00. The van der Waals surface area contributed by atoms with Gasteiger partial charge < -0.3 is 5.11 Å². The van der Waals surface area contributed by atoms with Gasteiger partial charge in [-0.2, -0.15) is 5.10 Å². The number of benzene rings is 1. The van der Waals surface area contributed by atoms with Crippen molar-refractivity contribution in [2.75, 3.05) is 0 Å². The average molecular weight is 255 g/mol. The number of aromatic carboxylic acids is 1. The van der Waals surface area contributed by atoms with Crippen LogP contribution in [0.25, 0.3) is 10.9 Å². The summed E-state index contributed by atoms with van der Waals surface area (Å²) >= 11 is 3.26. The van der Waals surface area contributed by atoms with Gasteiger partial charge in [0.2, 0.25) is 0 Å². The van der Waals surface area contributed by atoms with E-state index in [4.69, 9.17) is 5.11 Å². The Balaban J connectivity index is 2.72. The van der Waals surface area contributed by atoms with Crippen LogP contribution in [0.3, 0.4) is 0 Å². The summed E-state index contributed by atoms with van der Waals surface area (Å²) in [6.07, 6.45) is 1.67. The second kappa shape index (κ2) is 3.42. The molecule has 0 aliphatic heterocycles. The van der Waals surface area contributed by atoms with Crippen LogP contribution < -0.4 is 0 Å². The first-order valence-electron chi connectivity index (χ1n) is 3.97. The Morgan fingerprint density at radius 2 is 2.36 bits per heavy atom. The highest BCUT2D eigenvalue weighted by molar-refractivity contribution is 9.08. The van der Waals surface area contributed by atoms with Gasteiger partial charge in [0.25, 0.3) is 0 Å². The fraction of sp³-hybridized carbons (Fsp3) is 0.111. The number of alkyl halides is 1. The van der Waals surface area contributed by atoms with E-state index in [0.717, 1.165) is 16.5 Å². The molecule has 2 N–H and O–H groups in total. The van der Waals surface area contributed by atoms with Gasteiger partial charge in [0.15, 0.2) is 0 Å². The van der Waals surface area contributed by atoms with Crippen molar-refractivity contribution in [3.8, 4) is 0 Å². The third-order valence-electron chi connectivity index (χ3n) is 2.04. The van der Waals surface area contributed by atoms with Crippen molar-refractivity contribution in [1.82, 2.24) is 10.2 Å². The van der Waals surface area contributed by atoms with Crippen molar-refractivity contribution in [3.05, 3.63) is 29.5 Å². The van der Waals surface area contributed by atoms with Crippen LogP contribution in [0.1, 0.15) is 15.9 Å². The Morgan fingerprint density at radius 3 is 3.00 bits per heavy atom. The molecule has 1 aromatic carbocycles. The molecule has 0 bridgehead atoms. The lowest BCUT2D eigenvalue weighted by molar-refractivity contribution is 0.0696. The number of halogens is 1. The number of nitrogens with one attached hydrogen (secondary N) is 1. The van der Waals surface area contributed by atoms with Gasteiger partial charge in [0.1, 0.15) is 0 Å². The molecule has 1 heterocycles. The smallest absolute Gasteiger partial charge is 0.336 e. The summed E-state index contributed by atoms with van der Waals surface area (Å²) in [6.45, 7) is 0. The summed E-state index contributed by atoms with van der Waals surface area (Å²) in [6, 6.07) is 3.41. The minimum atomic E-state index is -0.920. The van der Waals surface area contributed by atoms with E-state index in [1.54, 1.807) is 12.3 Å². The fourth-order valence-corrected chi connectivity index (χ4v) is 1.81. The largest absolute Gasteiger partial charge is 0.478 e. The van der Waals surface area contributed by atoms with Gasteiger partial charge >= 0.3 is 5.97 Å². The predicted molar refractivity (Wildman–Crippen MR) is 55.7 cm³/mol. The number of H-pyrrole nitrogens is 1. The van der Waals surface area contributed by atoms with Crippen molar-refractivity contribution in [3.63, 3.8) is 0 Å². The summed E-state index contributed by atoms with van der Waals surface area (Å²) in [5, 5.41) is 17.0. The molecule has 4 nitrogen and oxygen atoms in total. The second-order valence-electron chi connectivity index (χ2n) is 2.91. The zero-order chi connectivity index (χ0) is 10.1. The average Bonchev–Trinajstić information content (AvgIpc) is 2.62. The van der Waals surface area contributed by atoms with E-state index in [1.807, 2.05) is 6.07 Å². The molecule has 0 aliphatic rings. The van der Waals surface area contributed by atoms with Gasteiger partial charge in [-0.3, -0.25) is 5.10 Å². The van der Waals surface area contributed by atoms with Crippen LogP contribution in [0, 0.1) is 0 Å². The molecule has 5 heteroatoms. The Hall–Kier alpha value is -1.36. The molecule has 0 amide bonds. The fourth-order valence-electron chi connectivity index (χ4n) is 1.35. The number of nitrogens with zero attached hydrogens (tertiary/aromatic N) is 1. The maximum atomic E-state index is 10.9. The molecule has 0 radical (unpaired) electrons. The summed E-state index contributed by atoms with van der Waals surface area (Å²) in [5.74, 6) is -0.920. The second-order valence-corrected chi connectivity index (χ2v) is 3.47. The SMILES string of the molecule is O=C(O)c1cc2[nH]ncc2cc1CBr. The highest BCUT2D eigenvalue weighted by atomic mass is 79.9. The lowest BCUT2D eigenvalue weighted by atomic mass is 10.1. The van der Waals surface area contributed by atoms with E-state index >= 15 is 0 Å². The van der Waals surface area contributed by atoms with Crippen LogP contribution in [0.4, 0.5) is 0 Å². The first-order chi connectivity index (χ1) is 6.72. The van der Waals surface area contributed by atoms with Gasteiger partial charge in [-0.25, -0.2) is 4.79 Å². The number of hydrogen-bond acceptors (Lipinski definition) is 2. The van der Waals surface area contributed by atoms with Crippen LogP contribution in [-0.2, 0) is 5.33 Å². The Kier molecular flexibility index (Phi) is 2.25. The van der Waals surface area contributed by atoms with E-state index in [2.05, 4.69) is 26.1 Å². The van der Waals surface area contributed by atoms with Crippen LogP contribution in [0.5, 0.6) is 0 Å². The number of carboxylic acids is 1. The summed E-state index contributed by atoms with van der Waals surface area (Å²) in [7, 11) is 0. The van der Waals surface area contributed by atoms with Crippen LogP contribution >= 0.6 is 15.9 Å². The zero-order valence-corrected chi connectivity index (χ0v) is 8.71. The van der Waals surface area contributed by atoms with Crippen molar-refractivity contribution in [1.29, 1.82) is 0 Å². The molecule has 14 heavy (non-hydrogen) atoms. The Labute approximate surface area is 88.1 Å². The monoisotopic (exact) mass is 254 g/mol. The lowest BCUT2D eigenvalue weighted by Gasteiger charge is -2.01. The first-order valence-corrected chi connectivity index (χ1v) is 5.10. The van der Waals surface area contributed by atoms with Crippen LogP contribution in [-0.4, -0.2) is 21.3 Å². The molecule has 2 rings (SSSR count). The first kappa shape index (κ1) is 9.21. The van der Waals surface area contributed by atoms with Gasteiger partial charge in [0.05, 0.1) is 17.3 Å². The van der Waals surface area contributed by atoms with Gasteiger partial charge in [-0.05, 0) is 17.7 Å². The van der Waals surface area contributed by atoms with E-state index in [1.165, 1.54) is 0 Å². The number of aromatic nitrogens is 2. The number of aromatic amines is 1. The quantitative estimate of drug-likeness (QED) is 0.808. The van der Waals surface area contributed by atoms with Gasteiger partial charge in [-0.15, -0.1) is 0 Å². The maximum Gasteiger partial charge on any atom is 0.336 e. The maximum absolute atomic E-state index is 10.9. The molecule has 0 atom stereocenters. The highest BCUT2D eigenvalue weighted by Crippen LogP contribution is 2.20. The molecule has 0 fully saturated rings. The van der Waals surface area contributed by atoms with E-state index < -0.39 is 5.97 Å². The van der Waals surface area contributed by atoms with Crippen molar-refractivity contribution in [2.24, 2.45) is 0 Å². The molecule has 0 spiro atoms. The molecular formula is C9H7BrN2O2. The van der Waals surface area contributed by atoms with Crippen LogP contribution in [0.15, 0.2) is 18.3 Å². The third-order valence-corrected chi connectivity index (χ3v) is 2.64. The number of carbonyl (C=O) groups is 1. The predicted octanol–water partition coefficient (Wildman–Crippen LogP) is 2.16. The van der Waals surface area contributed by atoms with Crippen LogP contribution in [0.2, 0.25) is 0 Å². The van der Waals surface area contributed by atoms with E-state index in [0.29, 0.717) is 10.9 Å². The number of hydrogen-bond donors (Lipinski definition) is 2. The molecule has 1 aromatic heterocycles. The van der Waals surface area contributed by atoms with Crippen molar-refractivity contribution >= 4 is 32.8 Å².